The molecule has 33 heavy (non-hydrogen) atoms. The number of hydrogen-bond donors (Lipinski definition) is 1. The van der Waals surface area contributed by atoms with E-state index in [1.807, 2.05) is 43.3 Å². The van der Waals surface area contributed by atoms with Crippen LogP contribution in [0.1, 0.15) is 67.6 Å². The van der Waals surface area contributed by atoms with Crippen LogP contribution in [-0.2, 0) is 11.8 Å². The molecule has 170 valence electrons. The van der Waals surface area contributed by atoms with Crippen LogP contribution in [0.3, 0.4) is 0 Å². The van der Waals surface area contributed by atoms with Crippen LogP contribution in [0.15, 0.2) is 60.7 Å². The third-order valence-electron chi connectivity index (χ3n) is 5.97. The summed E-state index contributed by atoms with van der Waals surface area (Å²) in [6.07, 6.45) is 3.47. The Morgan fingerprint density at radius 1 is 0.939 bits per heavy atom. The molecule has 0 unspecified atom stereocenters. The molecule has 0 atom stereocenters. The lowest BCUT2D eigenvalue weighted by Gasteiger charge is -2.19. The Morgan fingerprint density at radius 3 is 2.18 bits per heavy atom. The van der Waals surface area contributed by atoms with Crippen LogP contribution in [0.5, 0.6) is 0 Å². The minimum atomic E-state index is -0.132. The summed E-state index contributed by atoms with van der Waals surface area (Å²) in [5, 5.41) is 12.3. The Bertz CT molecular complexity index is 1260. The molecule has 0 saturated heterocycles. The van der Waals surface area contributed by atoms with Crippen LogP contribution >= 0.6 is 0 Å². The van der Waals surface area contributed by atoms with Gasteiger partial charge in [-0.1, -0.05) is 58.4 Å². The van der Waals surface area contributed by atoms with Gasteiger partial charge in [-0.15, -0.1) is 10.2 Å². The fourth-order valence-electron chi connectivity index (χ4n) is 3.81. The minimum absolute atomic E-state index is 0.0539. The first-order chi connectivity index (χ1) is 15.7. The van der Waals surface area contributed by atoms with Crippen molar-refractivity contribution in [3.63, 3.8) is 0 Å². The minimum Gasteiger partial charge on any atom is -0.322 e. The van der Waals surface area contributed by atoms with Gasteiger partial charge >= 0.3 is 0 Å². The first-order valence-electron chi connectivity index (χ1n) is 11.6. The second kappa shape index (κ2) is 9.18. The maximum Gasteiger partial charge on any atom is 0.255 e. The van der Waals surface area contributed by atoms with Gasteiger partial charge in [0.15, 0.2) is 0 Å². The maximum atomic E-state index is 12.8. The van der Waals surface area contributed by atoms with Crippen LogP contribution in [0.2, 0.25) is 0 Å². The van der Waals surface area contributed by atoms with E-state index in [0.717, 1.165) is 34.4 Å². The van der Waals surface area contributed by atoms with Crippen LogP contribution in [0.4, 0.5) is 5.69 Å². The van der Waals surface area contributed by atoms with Crippen molar-refractivity contribution in [1.82, 2.24) is 15.0 Å². The highest BCUT2D eigenvalue weighted by atomic mass is 16.1. The topological polar surface area (TPSA) is 59.8 Å². The molecule has 1 N–H and O–H groups in total. The van der Waals surface area contributed by atoms with Gasteiger partial charge in [-0.05, 0) is 78.3 Å². The Kier molecular flexibility index (Phi) is 6.32. The van der Waals surface area contributed by atoms with E-state index in [1.54, 1.807) is 4.80 Å². The number of carbonyl (C=O) groups is 1. The van der Waals surface area contributed by atoms with E-state index >= 15 is 0 Å². The standard InChI is InChI=1S/C28H32N4O/c1-6-7-8-20-9-15-23(16-10-20)32-30-25-17-19(2)24(18-26(25)31-32)29-27(33)21-11-13-22(14-12-21)28(3,4)5/h9-18H,6-8H2,1-5H3,(H,29,33). The van der Waals surface area contributed by atoms with E-state index in [-0.39, 0.29) is 11.3 Å². The third kappa shape index (κ3) is 5.14. The third-order valence-corrected chi connectivity index (χ3v) is 5.97. The fraction of sp³-hybridized carbons (Fsp3) is 0.321. The van der Waals surface area contributed by atoms with Crippen molar-refractivity contribution in [3.8, 4) is 5.69 Å². The van der Waals surface area contributed by atoms with Crippen molar-refractivity contribution >= 4 is 22.6 Å². The molecule has 1 heterocycles. The van der Waals surface area contributed by atoms with Crippen LogP contribution < -0.4 is 5.32 Å². The van der Waals surface area contributed by atoms with Gasteiger partial charge in [0, 0.05) is 11.3 Å². The highest BCUT2D eigenvalue weighted by Gasteiger charge is 2.15. The number of carbonyl (C=O) groups excluding carboxylic acids is 1. The van der Waals surface area contributed by atoms with E-state index in [1.165, 1.54) is 24.0 Å². The largest absolute Gasteiger partial charge is 0.322 e. The van der Waals surface area contributed by atoms with Gasteiger partial charge in [0.25, 0.3) is 5.91 Å². The molecule has 0 aliphatic rings. The number of rotatable bonds is 6. The fourth-order valence-corrected chi connectivity index (χ4v) is 3.81. The molecular formula is C28H32N4O. The summed E-state index contributed by atoms with van der Waals surface area (Å²) < 4.78 is 0. The highest BCUT2D eigenvalue weighted by Crippen LogP contribution is 2.25. The average Bonchev–Trinajstić information content (AvgIpc) is 3.20. The van der Waals surface area contributed by atoms with Gasteiger partial charge < -0.3 is 5.32 Å². The van der Waals surface area contributed by atoms with Crippen molar-refractivity contribution < 1.29 is 4.79 Å². The summed E-state index contributed by atoms with van der Waals surface area (Å²) in [5.41, 5.74) is 7.38. The monoisotopic (exact) mass is 440 g/mol. The Labute approximate surface area is 195 Å². The SMILES string of the molecule is CCCCc1ccc(-n2nc3cc(C)c(NC(=O)c4ccc(C(C)(C)C)cc4)cc3n2)cc1. The predicted molar refractivity (Wildman–Crippen MR) is 135 cm³/mol. The van der Waals surface area contributed by atoms with Gasteiger partial charge in [-0.3, -0.25) is 4.79 Å². The van der Waals surface area contributed by atoms with Crippen LogP contribution in [0, 0.1) is 6.92 Å². The Balaban J connectivity index is 1.54. The number of hydrogen-bond acceptors (Lipinski definition) is 3. The molecule has 0 fully saturated rings. The van der Waals surface area contributed by atoms with E-state index < -0.39 is 0 Å². The van der Waals surface area contributed by atoms with E-state index in [0.29, 0.717) is 5.56 Å². The van der Waals surface area contributed by atoms with Gasteiger partial charge in [-0.2, -0.15) is 4.80 Å². The zero-order valence-electron chi connectivity index (χ0n) is 20.1. The number of unbranched alkanes of at least 4 members (excludes halogenated alkanes) is 1. The first-order valence-corrected chi connectivity index (χ1v) is 11.6. The lowest BCUT2D eigenvalue weighted by molar-refractivity contribution is 0.102. The second-order valence-corrected chi connectivity index (χ2v) is 9.70. The molecule has 1 amide bonds. The number of anilines is 1. The Morgan fingerprint density at radius 2 is 1.58 bits per heavy atom. The number of aromatic nitrogens is 3. The predicted octanol–water partition coefficient (Wildman–Crippen LogP) is 6.62. The summed E-state index contributed by atoms with van der Waals surface area (Å²) in [5.74, 6) is -0.132. The molecule has 3 aromatic carbocycles. The molecule has 5 heteroatoms. The van der Waals surface area contributed by atoms with E-state index in [4.69, 9.17) is 0 Å². The van der Waals surface area contributed by atoms with Crippen molar-refractivity contribution in [2.75, 3.05) is 5.32 Å². The summed E-state index contributed by atoms with van der Waals surface area (Å²) >= 11 is 0. The number of nitrogens with one attached hydrogen (secondary N) is 1. The lowest BCUT2D eigenvalue weighted by Crippen LogP contribution is -2.14. The molecule has 5 nitrogen and oxygen atoms in total. The first kappa shape index (κ1) is 22.7. The van der Waals surface area contributed by atoms with Crippen LogP contribution in [-0.4, -0.2) is 20.9 Å². The number of amides is 1. The number of nitrogens with zero attached hydrogens (tertiary/aromatic N) is 3. The van der Waals surface area contributed by atoms with Crippen LogP contribution in [0.25, 0.3) is 16.7 Å². The summed E-state index contributed by atoms with van der Waals surface area (Å²) in [6.45, 7) is 10.7. The lowest BCUT2D eigenvalue weighted by atomic mass is 9.87. The second-order valence-electron chi connectivity index (χ2n) is 9.70. The molecule has 4 rings (SSSR count). The van der Waals surface area contributed by atoms with E-state index in [2.05, 4.69) is 67.5 Å². The molecule has 0 radical (unpaired) electrons. The normalized spacial score (nSPS) is 11.7. The zero-order valence-corrected chi connectivity index (χ0v) is 20.1. The van der Waals surface area contributed by atoms with Crippen molar-refractivity contribution in [3.05, 3.63) is 82.9 Å². The Hall–Kier alpha value is -3.47. The molecule has 0 aliphatic heterocycles. The molecule has 1 aromatic heterocycles. The molecule has 0 spiro atoms. The number of aryl methyl sites for hydroxylation is 2. The zero-order chi connectivity index (χ0) is 23.6. The number of benzene rings is 3. The highest BCUT2D eigenvalue weighted by molar-refractivity contribution is 6.05. The maximum absolute atomic E-state index is 12.8. The summed E-state index contributed by atoms with van der Waals surface area (Å²) in [4.78, 5) is 14.5. The van der Waals surface area contributed by atoms with Gasteiger partial charge in [0.2, 0.25) is 0 Å². The van der Waals surface area contributed by atoms with Gasteiger partial charge in [0.05, 0.1) is 5.69 Å². The molecule has 0 aliphatic carbocycles. The van der Waals surface area contributed by atoms with Crippen molar-refractivity contribution in [1.29, 1.82) is 0 Å². The van der Waals surface area contributed by atoms with Gasteiger partial charge in [0.1, 0.15) is 11.0 Å². The average molecular weight is 441 g/mol. The van der Waals surface area contributed by atoms with Crippen molar-refractivity contribution in [2.24, 2.45) is 0 Å². The molecule has 0 bridgehead atoms. The molecule has 4 aromatic rings. The van der Waals surface area contributed by atoms with Gasteiger partial charge in [-0.25, -0.2) is 0 Å². The van der Waals surface area contributed by atoms with Crippen molar-refractivity contribution in [2.45, 2.75) is 59.3 Å². The summed E-state index contributed by atoms with van der Waals surface area (Å²) in [6, 6.07) is 20.0. The molecule has 0 saturated carbocycles. The number of fused-ring (bicyclic) bond motifs is 1. The van der Waals surface area contributed by atoms with E-state index in [9.17, 15) is 4.79 Å². The smallest absolute Gasteiger partial charge is 0.255 e. The molecular weight excluding hydrogens is 408 g/mol. The quantitative estimate of drug-likeness (QED) is 0.366. The summed E-state index contributed by atoms with van der Waals surface area (Å²) in [7, 11) is 0.